The molecule has 0 heterocycles. The van der Waals surface area contributed by atoms with Gasteiger partial charge in [-0.25, -0.2) is 0 Å². The van der Waals surface area contributed by atoms with E-state index >= 15 is 0 Å². The maximum absolute atomic E-state index is 2.36. The van der Waals surface area contributed by atoms with Gasteiger partial charge >= 0.3 is 0 Å². The summed E-state index contributed by atoms with van der Waals surface area (Å²) in [5, 5.41) is 0. The van der Waals surface area contributed by atoms with Gasteiger partial charge in [-0.3, -0.25) is 0 Å². The summed E-state index contributed by atoms with van der Waals surface area (Å²) in [5.74, 6) is 0. The van der Waals surface area contributed by atoms with E-state index in [1.165, 1.54) is 44.5 Å². The van der Waals surface area contributed by atoms with Gasteiger partial charge in [0.1, 0.15) is 0 Å². The fraction of sp³-hybridized carbons (Fsp3) is 0. The third-order valence-corrected chi connectivity index (χ3v) is 5.94. The zero-order valence-electron chi connectivity index (χ0n) is 19.0. The normalized spacial score (nSPS) is 10.4. The number of rotatable bonds is 6. The Kier molecular flexibility index (Phi) is 6.59. The van der Waals surface area contributed by atoms with Crippen LogP contribution in [0.25, 0.3) is 16.7 Å². The van der Waals surface area contributed by atoms with E-state index in [4.69, 9.17) is 0 Å². The first-order chi connectivity index (χ1) is 16.9. The Balaban J connectivity index is 1.87. The molecule has 0 atom stereocenters. The summed E-state index contributed by atoms with van der Waals surface area (Å²) in [4.78, 5) is 0. The Morgan fingerprint density at radius 1 is 0.324 bits per heavy atom. The Labute approximate surface area is 202 Å². The van der Waals surface area contributed by atoms with Gasteiger partial charge in [-0.15, -0.1) is 0 Å². The topological polar surface area (TPSA) is 0 Å². The quantitative estimate of drug-likeness (QED) is 0.185. The lowest BCUT2D eigenvalue weighted by Crippen LogP contribution is -1.96. The predicted molar refractivity (Wildman–Crippen MR) is 145 cm³/mol. The average Bonchev–Trinajstić information content (AvgIpc) is 2.93. The SMILES string of the molecule is C(=C(c1ccccc1)c1ccccc1)C(=C(c1ccccc1)c1ccccc1)c1ccccc1. The Morgan fingerprint density at radius 2 is 0.618 bits per heavy atom. The van der Waals surface area contributed by atoms with E-state index in [1.807, 2.05) is 0 Å². The Bertz CT molecular complexity index is 1300. The highest BCUT2D eigenvalue weighted by Crippen LogP contribution is 2.36. The Hall–Kier alpha value is -4.42. The van der Waals surface area contributed by atoms with Gasteiger partial charge in [0.15, 0.2) is 0 Å². The van der Waals surface area contributed by atoms with E-state index in [2.05, 4.69) is 158 Å². The summed E-state index contributed by atoms with van der Waals surface area (Å²) >= 11 is 0. The van der Waals surface area contributed by atoms with Crippen LogP contribution in [0.3, 0.4) is 0 Å². The number of hydrogen-bond acceptors (Lipinski definition) is 0. The maximum Gasteiger partial charge on any atom is -0.00326 e. The van der Waals surface area contributed by atoms with Crippen molar-refractivity contribution in [3.63, 3.8) is 0 Å². The molecule has 5 aromatic rings. The van der Waals surface area contributed by atoms with Crippen molar-refractivity contribution in [1.29, 1.82) is 0 Å². The third-order valence-electron chi connectivity index (χ3n) is 5.94. The highest BCUT2D eigenvalue weighted by atomic mass is 14.2. The van der Waals surface area contributed by atoms with Crippen molar-refractivity contribution in [2.24, 2.45) is 0 Å². The summed E-state index contributed by atoms with van der Waals surface area (Å²) in [6.45, 7) is 0. The summed E-state index contributed by atoms with van der Waals surface area (Å²) in [6.07, 6.45) is 2.36. The van der Waals surface area contributed by atoms with Crippen LogP contribution in [0.1, 0.15) is 27.8 Å². The summed E-state index contributed by atoms with van der Waals surface area (Å²) in [6, 6.07) is 53.4. The van der Waals surface area contributed by atoms with E-state index in [0.717, 1.165) is 0 Å². The van der Waals surface area contributed by atoms with E-state index in [0.29, 0.717) is 0 Å². The van der Waals surface area contributed by atoms with Crippen molar-refractivity contribution in [1.82, 2.24) is 0 Å². The first kappa shape index (κ1) is 21.4. The summed E-state index contributed by atoms with van der Waals surface area (Å²) < 4.78 is 0. The largest absolute Gasteiger partial charge is 0.0622 e. The Morgan fingerprint density at radius 3 is 0.971 bits per heavy atom. The minimum absolute atomic E-state index is 1.19. The minimum atomic E-state index is 1.19. The molecule has 5 rings (SSSR count). The molecule has 0 nitrogen and oxygen atoms in total. The first-order valence-electron chi connectivity index (χ1n) is 11.6. The zero-order chi connectivity index (χ0) is 23.0. The van der Waals surface area contributed by atoms with Gasteiger partial charge in [0.2, 0.25) is 0 Å². The molecule has 0 aromatic heterocycles. The smallest absolute Gasteiger partial charge is 0.00326 e. The number of hydrogen-bond donors (Lipinski definition) is 0. The van der Waals surface area contributed by atoms with Crippen LogP contribution in [0.5, 0.6) is 0 Å². The van der Waals surface area contributed by atoms with Crippen LogP contribution in [0.4, 0.5) is 0 Å². The molecule has 162 valence electrons. The first-order valence-corrected chi connectivity index (χ1v) is 11.6. The van der Waals surface area contributed by atoms with Crippen LogP contribution >= 0.6 is 0 Å². The van der Waals surface area contributed by atoms with Crippen LogP contribution < -0.4 is 0 Å². The molecule has 0 radical (unpaired) electrons. The molecule has 0 saturated heterocycles. The van der Waals surface area contributed by atoms with Crippen molar-refractivity contribution >= 4 is 16.7 Å². The van der Waals surface area contributed by atoms with Crippen LogP contribution in [0, 0.1) is 0 Å². The molecule has 0 saturated carbocycles. The van der Waals surface area contributed by atoms with Gasteiger partial charge in [-0.05, 0) is 50.6 Å². The molecule has 0 aliphatic carbocycles. The monoisotopic (exact) mass is 434 g/mol. The van der Waals surface area contributed by atoms with Crippen LogP contribution in [-0.4, -0.2) is 0 Å². The van der Waals surface area contributed by atoms with Crippen LogP contribution in [0.15, 0.2) is 158 Å². The molecule has 0 aliphatic rings. The van der Waals surface area contributed by atoms with Crippen molar-refractivity contribution in [2.75, 3.05) is 0 Å². The molecule has 34 heavy (non-hydrogen) atoms. The van der Waals surface area contributed by atoms with Gasteiger partial charge in [0, 0.05) is 0 Å². The van der Waals surface area contributed by atoms with E-state index < -0.39 is 0 Å². The lowest BCUT2D eigenvalue weighted by atomic mass is 9.86. The average molecular weight is 435 g/mol. The molecular weight excluding hydrogens is 408 g/mol. The summed E-state index contributed by atoms with van der Waals surface area (Å²) in [5.41, 5.74) is 9.59. The zero-order valence-corrected chi connectivity index (χ0v) is 19.0. The second-order valence-electron chi connectivity index (χ2n) is 8.18. The molecule has 0 fully saturated rings. The molecule has 0 unspecified atom stereocenters. The lowest BCUT2D eigenvalue weighted by molar-refractivity contribution is 1.52. The van der Waals surface area contributed by atoms with Gasteiger partial charge in [0.25, 0.3) is 0 Å². The van der Waals surface area contributed by atoms with Crippen molar-refractivity contribution in [2.45, 2.75) is 0 Å². The van der Waals surface area contributed by atoms with Crippen LogP contribution in [-0.2, 0) is 0 Å². The highest BCUT2D eigenvalue weighted by Gasteiger charge is 2.15. The van der Waals surface area contributed by atoms with Crippen LogP contribution in [0.2, 0.25) is 0 Å². The standard InChI is InChI=1S/C34H26/c1-6-16-27(17-7-1)32(28-18-8-2-9-19-28)26-33(29-20-10-3-11-21-29)34(30-22-12-4-13-23-30)31-24-14-5-15-25-31/h1-26H. The second-order valence-corrected chi connectivity index (χ2v) is 8.18. The predicted octanol–water partition coefficient (Wildman–Crippen LogP) is 8.78. The van der Waals surface area contributed by atoms with E-state index in [1.54, 1.807) is 0 Å². The second kappa shape index (κ2) is 10.5. The number of allylic oxidation sites excluding steroid dienone is 2. The fourth-order valence-electron chi connectivity index (χ4n) is 4.32. The molecule has 0 spiro atoms. The lowest BCUT2D eigenvalue weighted by Gasteiger charge is -2.17. The third kappa shape index (κ3) is 4.82. The molecule has 0 aliphatic heterocycles. The molecule has 5 aromatic carbocycles. The van der Waals surface area contributed by atoms with E-state index in [9.17, 15) is 0 Å². The van der Waals surface area contributed by atoms with Crippen molar-refractivity contribution in [3.8, 4) is 0 Å². The fourth-order valence-corrected chi connectivity index (χ4v) is 4.32. The van der Waals surface area contributed by atoms with Crippen molar-refractivity contribution in [3.05, 3.63) is 186 Å². The highest BCUT2D eigenvalue weighted by molar-refractivity contribution is 6.05. The maximum atomic E-state index is 2.36. The molecule has 0 heteroatoms. The molecule has 0 N–H and O–H groups in total. The van der Waals surface area contributed by atoms with E-state index in [-0.39, 0.29) is 0 Å². The summed E-state index contributed by atoms with van der Waals surface area (Å²) in [7, 11) is 0. The molecule has 0 amide bonds. The molecular formula is C34H26. The molecule has 0 bridgehead atoms. The van der Waals surface area contributed by atoms with Gasteiger partial charge in [0.05, 0.1) is 0 Å². The van der Waals surface area contributed by atoms with Gasteiger partial charge < -0.3 is 0 Å². The minimum Gasteiger partial charge on any atom is -0.0622 e. The van der Waals surface area contributed by atoms with Gasteiger partial charge in [-0.1, -0.05) is 152 Å². The number of benzene rings is 5. The van der Waals surface area contributed by atoms with Gasteiger partial charge in [-0.2, -0.15) is 0 Å². The van der Waals surface area contributed by atoms with Crippen molar-refractivity contribution < 1.29 is 0 Å².